The van der Waals surface area contributed by atoms with Gasteiger partial charge >= 0.3 is 12.1 Å². The van der Waals surface area contributed by atoms with Crippen LogP contribution in [0.2, 0.25) is 0 Å². The van der Waals surface area contributed by atoms with E-state index in [0.717, 1.165) is 10.6 Å². The van der Waals surface area contributed by atoms with Crippen LogP contribution >= 0.6 is 12.2 Å². The topological polar surface area (TPSA) is 92.4 Å². The van der Waals surface area contributed by atoms with Crippen LogP contribution in [0.15, 0.2) is 36.4 Å². The van der Waals surface area contributed by atoms with Crippen LogP contribution in [-0.2, 0) is 4.79 Å². The predicted octanol–water partition coefficient (Wildman–Crippen LogP) is 3.05. The zero-order chi connectivity index (χ0) is 26.5. The van der Waals surface area contributed by atoms with Crippen molar-refractivity contribution < 1.29 is 37.0 Å². The molecule has 0 aliphatic carbocycles. The molecule has 1 aliphatic rings. The highest BCUT2D eigenvalue weighted by Gasteiger charge is 2.43. The van der Waals surface area contributed by atoms with E-state index in [4.69, 9.17) is 26.4 Å². The molecule has 0 unspecified atom stereocenters. The fourth-order valence-corrected chi connectivity index (χ4v) is 3.86. The number of carbonyl (C=O) groups excluding carboxylic acids is 2. The van der Waals surface area contributed by atoms with Crippen molar-refractivity contribution in [2.75, 3.05) is 57.7 Å². The van der Waals surface area contributed by atoms with Gasteiger partial charge in [-0.15, -0.1) is 0 Å². The predicted molar refractivity (Wildman–Crippen MR) is 131 cm³/mol. The van der Waals surface area contributed by atoms with Crippen molar-refractivity contribution in [1.82, 2.24) is 10.2 Å². The maximum atomic E-state index is 12.7. The molecular formula is C23H25F3N4O5S. The molecule has 1 heterocycles. The zero-order valence-corrected chi connectivity index (χ0v) is 20.6. The Bertz CT molecular complexity index is 1090. The molecule has 2 amide bonds. The Kier molecular flexibility index (Phi) is 8.45. The first-order valence-corrected chi connectivity index (χ1v) is 11.1. The highest BCUT2D eigenvalue weighted by Crippen LogP contribution is 2.38. The molecule has 13 heteroatoms. The monoisotopic (exact) mass is 526 g/mol. The fourth-order valence-electron chi connectivity index (χ4n) is 3.65. The lowest BCUT2D eigenvalue weighted by Crippen LogP contribution is -2.52. The van der Waals surface area contributed by atoms with Gasteiger partial charge in [0, 0.05) is 43.1 Å². The number of rotatable bonds is 6. The van der Waals surface area contributed by atoms with Gasteiger partial charge in [-0.25, -0.2) is 0 Å². The number of carbonyl (C=O) groups is 2. The van der Waals surface area contributed by atoms with Gasteiger partial charge in [0.25, 0.3) is 5.91 Å². The second kappa shape index (κ2) is 11.3. The number of hydrogen-bond donors (Lipinski definition) is 2. The maximum Gasteiger partial charge on any atom is 0.471 e. The third kappa shape index (κ3) is 6.27. The number of hydrogen-bond acceptors (Lipinski definition) is 7. The SMILES string of the molecule is COc1cc(C(=O)NC(=S)Nc2ccc(N3CCN(C(=O)C(F)(F)F)CC3)cc2)cc(OC)c1OC. The minimum Gasteiger partial charge on any atom is -0.493 e. The number of methoxy groups -OCH3 is 3. The number of halogens is 3. The van der Waals surface area contributed by atoms with Crippen LogP contribution in [-0.4, -0.2) is 75.5 Å². The molecule has 0 radical (unpaired) electrons. The van der Waals surface area contributed by atoms with E-state index in [1.54, 1.807) is 24.3 Å². The smallest absolute Gasteiger partial charge is 0.471 e. The molecule has 1 saturated heterocycles. The Hall–Kier alpha value is -3.74. The summed E-state index contributed by atoms with van der Waals surface area (Å²) in [6, 6.07) is 9.98. The third-order valence-electron chi connectivity index (χ3n) is 5.45. The number of anilines is 2. The normalized spacial score (nSPS) is 13.6. The van der Waals surface area contributed by atoms with Crippen molar-refractivity contribution >= 4 is 40.5 Å². The Balaban J connectivity index is 1.57. The number of nitrogens with one attached hydrogen (secondary N) is 2. The second-order valence-electron chi connectivity index (χ2n) is 7.65. The number of alkyl halides is 3. The van der Waals surface area contributed by atoms with Crippen LogP contribution in [0.25, 0.3) is 0 Å². The van der Waals surface area contributed by atoms with E-state index < -0.39 is 18.0 Å². The highest BCUT2D eigenvalue weighted by atomic mass is 32.1. The van der Waals surface area contributed by atoms with Gasteiger partial charge < -0.3 is 29.3 Å². The lowest BCUT2D eigenvalue weighted by atomic mass is 10.1. The number of thiocarbonyl (C=S) groups is 1. The molecular weight excluding hydrogens is 501 g/mol. The van der Waals surface area contributed by atoms with Crippen molar-refractivity contribution in [2.45, 2.75) is 6.18 Å². The Morgan fingerprint density at radius 2 is 1.47 bits per heavy atom. The average Bonchev–Trinajstić information content (AvgIpc) is 2.87. The minimum absolute atomic E-state index is 0.0185. The average molecular weight is 527 g/mol. The number of nitrogens with zero attached hydrogens (tertiary/aromatic N) is 2. The summed E-state index contributed by atoms with van der Waals surface area (Å²) in [6.07, 6.45) is -4.87. The first kappa shape index (κ1) is 26.9. The first-order chi connectivity index (χ1) is 17.1. The second-order valence-corrected chi connectivity index (χ2v) is 8.05. The van der Waals surface area contributed by atoms with Crippen molar-refractivity contribution in [3.05, 3.63) is 42.0 Å². The molecule has 0 bridgehead atoms. The van der Waals surface area contributed by atoms with Crippen molar-refractivity contribution in [3.8, 4) is 17.2 Å². The Morgan fingerprint density at radius 1 is 0.917 bits per heavy atom. The summed E-state index contributed by atoms with van der Waals surface area (Å²) >= 11 is 5.24. The van der Waals surface area contributed by atoms with Crippen LogP contribution in [0, 0.1) is 0 Å². The van der Waals surface area contributed by atoms with Gasteiger partial charge in [0.05, 0.1) is 21.3 Å². The van der Waals surface area contributed by atoms with Crippen LogP contribution in [0.4, 0.5) is 24.5 Å². The van der Waals surface area contributed by atoms with E-state index >= 15 is 0 Å². The number of amides is 2. The summed E-state index contributed by atoms with van der Waals surface area (Å²) in [5, 5.41) is 5.54. The molecule has 9 nitrogen and oxygen atoms in total. The van der Waals surface area contributed by atoms with Crippen LogP contribution in [0.5, 0.6) is 17.2 Å². The lowest BCUT2D eigenvalue weighted by molar-refractivity contribution is -0.185. The molecule has 0 saturated carbocycles. The quantitative estimate of drug-likeness (QED) is 0.555. The molecule has 2 aromatic rings. The lowest BCUT2D eigenvalue weighted by Gasteiger charge is -2.36. The summed E-state index contributed by atoms with van der Waals surface area (Å²) in [7, 11) is 4.34. The third-order valence-corrected chi connectivity index (χ3v) is 5.66. The molecule has 2 aromatic carbocycles. The van der Waals surface area contributed by atoms with Gasteiger partial charge in [0.15, 0.2) is 16.6 Å². The van der Waals surface area contributed by atoms with Gasteiger partial charge in [0.2, 0.25) is 5.75 Å². The van der Waals surface area contributed by atoms with E-state index in [2.05, 4.69) is 10.6 Å². The Labute approximate surface area is 211 Å². The molecule has 2 N–H and O–H groups in total. The standard InChI is InChI=1S/C23H25F3N4O5S/c1-33-17-12-14(13-18(34-2)19(17)35-3)20(31)28-22(36)27-15-4-6-16(7-5-15)29-8-10-30(11-9-29)21(32)23(24,25)26/h4-7,12-13H,8-11H2,1-3H3,(H2,27,28,31,36). The van der Waals surface area contributed by atoms with Gasteiger partial charge in [0.1, 0.15) is 0 Å². The van der Waals surface area contributed by atoms with E-state index in [1.165, 1.54) is 33.5 Å². The zero-order valence-electron chi connectivity index (χ0n) is 19.8. The summed E-state index contributed by atoms with van der Waals surface area (Å²) in [4.78, 5) is 26.8. The molecule has 0 spiro atoms. The minimum atomic E-state index is -4.87. The number of piperazine rings is 1. The van der Waals surface area contributed by atoms with Crippen LogP contribution in [0.1, 0.15) is 10.4 Å². The summed E-state index contributed by atoms with van der Waals surface area (Å²) < 4.78 is 53.6. The summed E-state index contributed by atoms with van der Waals surface area (Å²) in [5.41, 5.74) is 1.62. The van der Waals surface area contributed by atoms with Gasteiger partial charge in [-0.05, 0) is 48.6 Å². The van der Waals surface area contributed by atoms with Crippen LogP contribution in [0.3, 0.4) is 0 Å². The van der Waals surface area contributed by atoms with E-state index in [-0.39, 0.29) is 36.9 Å². The van der Waals surface area contributed by atoms with E-state index in [9.17, 15) is 22.8 Å². The Morgan fingerprint density at radius 3 is 1.94 bits per heavy atom. The van der Waals surface area contributed by atoms with Crippen molar-refractivity contribution in [3.63, 3.8) is 0 Å². The van der Waals surface area contributed by atoms with Gasteiger partial charge in [-0.1, -0.05) is 0 Å². The fraction of sp³-hybridized carbons (Fsp3) is 0.348. The molecule has 1 aliphatic heterocycles. The molecule has 1 fully saturated rings. The van der Waals surface area contributed by atoms with E-state index in [0.29, 0.717) is 22.9 Å². The summed E-state index contributed by atoms with van der Waals surface area (Å²) in [6.45, 7) is 0.514. The van der Waals surface area contributed by atoms with E-state index in [1.807, 2.05) is 4.90 Å². The number of benzene rings is 2. The largest absolute Gasteiger partial charge is 0.493 e. The molecule has 3 rings (SSSR count). The van der Waals surface area contributed by atoms with Crippen molar-refractivity contribution in [2.24, 2.45) is 0 Å². The molecule has 0 aromatic heterocycles. The van der Waals surface area contributed by atoms with Crippen LogP contribution < -0.4 is 29.7 Å². The van der Waals surface area contributed by atoms with Gasteiger partial charge in [-0.2, -0.15) is 13.2 Å². The highest BCUT2D eigenvalue weighted by molar-refractivity contribution is 7.80. The number of ether oxygens (including phenoxy) is 3. The first-order valence-electron chi connectivity index (χ1n) is 10.7. The molecule has 36 heavy (non-hydrogen) atoms. The van der Waals surface area contributed by atoms with Gasteiger partial charge in [-0.3, -0.25) is 14.9 Å². The molecule has 194 valence electrons. The molecule has 0 atom stereocenters. The maximum absolute atomic E-state index is 12.7. The van der Waals surface area contributed by atoms with Crippen molar-refractivity contribution in [1.29, 1.82) is 0 Å². The summed E-state index contributed by atoms with van der Waals surface area (Å²) in [5.74, 6) is -1.32.